The first-order valence-electron chi connectivity index (χ1n) is 8.86. The molecule has 3 heterocycles. The van der Waals surface area contributed by atoms with Crippen molar-refractivity contribution in [2.75, 3.05) is 26.2 Å². The topological polar surface area (TPSA) is 28.5 Å². The molecule has 3 aromatic rings. The van der Waals surface area contributed by atoms with E-state index in [0.717, 1.165) is 39.3 Å². The van der Waals surface area contributed by atoms with Crippen LogP contribution in [-0.4, -0.2) is 46.5 Å². The maximum Gasteiger partial charge on any atom is 0.224 e. The van der Waals surface area contributed by atoms with Crippen LogP contribution in [0.5, 0.6) is 0 Å². The van der Waals surface area contributed by atoms with E-state index >= 15 is 0 Å². The van der Waals surface area contributed by atoms with Crippen LogP contribution < -0.4 is 0 Å². The summed E-state index contributed by atoms with van der Waals surface area (Å²) >= 11 is 1.81. The van der Waals surface area contributed by atoms with Gasteiger partial charge in [0, 0.05) is 62.3 Å². The fourth-order valence-corrected chi connectivity index (χ4v) is 4.23. The highest BCUT2D eigenvalue weighted by Crippen LogP contribution is 2.17. The zero-order valence-electron chi connectivity index (χ0n) is 14.3. The molecule has 0 saturated carbocycles. The Morgan fingerprint density at radius 3 is 2.64 bits per heavy atom. The third kappa shape index (κ3) is 3.78. The Balaban J connectivity index is 1.28. The van der Waals surface area contributed by atoms with E-state index in [1.807, 2.05) is 17.0 Å². The minimum Gasteiger partial charge on any atom is -0.347 e. The lowest BCUT2D eigenvalue weighted by Crippen LogP contribution is -2.48. The molecule has 0 aliphatic carbocycles. The second kappa shape index (κ2) is 7.42. The summed E-state index contributed by atoms with van der Waals surface area (Å²) in [7, 11) is 0. The van der Waals surface area contributed by atoms with Gasteiger partial charge in [-0.2, -0.15) is 0 Å². The van der Waals surface area contributed by atoms with Crippen LogP contribution >= 0.6 is 11.3 Å². The summed E-state index contributed by atoms with van der Waals surface area (Å²) < 4.78 is 2.18. The van der Waals surface area contributed by atoms with Gasteiger partial charge >= 0.3 is 0 Å². The molecule has 25 heavy (non-hydrogen) atoms. The first-order chi connectivity index (χ1) is 12.3. The molecule has 1 fully saturated rings. The summed E-state index contributed by atoms with van der Waals surface area (Å²) in [6, 6.07) is 14.7. The molecule has 5 heteroatoms. The molecular weight excluding hydrogens is 330 g/mol. The average molecular weight is 353 g/mol. The molecule has 4 rings (SSSR count). The number of hydrogen-bond acceptors (Lipinski definition) is 3. The second-order valence-electron chi connectivity index (χ2n) is 6.55. The van der Waals surface area contributed by atoms with Crippen LogP contribution in [0.3, 0.4) is 0 Å². The van der Waals surface area contributed by atoms with Crippen molar-refractivity contribution in [3.05, 3.63) is 58.9 Å². The van der Waals surface area contributed by atoms with E-state index in [2.05, 4.69) is 51.4 Å². The van der Waals surface area contributed by atoms with Crippen LogP contribution in [0.4, 0.5) is 0 Å². The largest absolute Gasteiger partial charge is 0.347 e. The normalized spacial score (nSPS) is 15.8. The summed E-state index contributed by atoms with van der Waals surface area (Å²) in [6.45, 7) is 5.39. The SMILES string of the molecule is O=C(CCn1ccc2ccccc21)N1CCN(Cc2cccs2)CC1. The van der Waals surface area contributed by atoms with Gasteiger partial charge in [-0.05, 0) is 29.0 Å². The van der Waals surface area contributed by atoms with Crippen LogP contribution in [-0.2, 0) is 17.9 Å². The van der Waals surface area contributed by atoms with Gasteiger partial charge in [0.25, 0.3) is 0 Å². The standard InChI is InChI=1S/C20H23N3OS/c24-20(8-10-22-9-7-17-4-1-2-6-19(17)22)23-13-11-21(12-14-23)16-18-5-3-15-25-18/h1-7,9,15H,8,10-14,16H2. The highest BCUT2D eigenvalue weighted by atomic mass is 32.1. The van der Waals surface area contributed by atoms with E-state index in [1.54, 1.807) is 11.3 Å². The Hall–Kier alpha value is -2.11. The number of amides is 1. The summed E-state index contributed by atoms with van der Waals surface area (Å²) in [5, 5.41) is 3.36. The quantitative estimate of drug-likeness (QED) is 0.703. The van der Waals surface area contributed by atoms with Gasteiger partial charge < -0.3 is 9.47 Å². The van der Waals surface area contributed by atoms with Crippen molar-refractivity contribution in [2.45, 2.75) is 19.5 Å². The van der Waals surface area contributed by atoms with Crippen molar-refractivity contribution in [2.24, 2.45) is 0 Å². The Kier molecular flexibility index (Phi) is 4.85. The molecular formula is C20H23N3OS. The molecule has 0 radical (unpaired) electrons. The van der Waals surface area contributed by atoms with E-state index < -0.39 is 0 Å². The first-order valence-corrected chi connectivity index (χ1v) is 9.74. The number of hydrogen-bond donors (Lipinski definition) is 0. The van der Waals surface area contributed by atoms with Crippen molar-refractivity contribution >= 4 is 28.1 Å². The Bertz CT molecular complexity index is 832. The van der Waals surface area contributed by atoms with Gasteiger partial charge in [-0.3, -0.25) is 9.69 Å². The summed E-state index contributed by atoms with van der Waals surface area (Å²) in [6.07, 6.45) is 2.65. The molecule has 1 saturated heterocycles. The van der Waals surface area contributed by atoms with Gasteiger partial charge in [-0.1, -0.05) is 24.3 Å². The van der Waals surface area contributed by atoms with E-state index in [9.17, 15) is 4.79 Å². The first kappa shape index (κ1) is 16.4. The number of benzene rings is 1. The van der Waals surface area contributed by atoms with Crippen LogP contribution in [0, 0.1) is 0 Å². The number of thiophene rings is 1. The minimum atomic E-state index is 0.272. The van der Waals surface area contributed by atoms with E-state index in [4.69, 9.17) is 0 Å². The lowest BCUT2D eigenvalue weighted by Gasteiger charge is -2.34. The maximum atomic E-state index is 12.5. The van der Waals surface area contributed by atoms with E-state index in [-0.39, 0.29) is 5.91 Å². The van der Waals surface area contributed by atoms with Crippen molar-refractivity contribution in [3.8, 4) is 0 Å². The molecule has 0 bridgehead atoms. The van der Waals surface area contributed by atoms with Crippen LogP contribution in [0.2, 0.25) is 0 Å². The monoisotopic (exact) mass is 353 g/mol. The van der Waals surface area contributed by atoms with E-state index in [0.29, 0.717) is 6.42 Å². The van der Waals surface area contributed by atoms with Crippen LogP contribution in [0.25, 0.3) is 10.9 Å². The lowest BCUT2D eigenvalue weighted by molar-refractivity contribution is -0.133. The Morgan fingerprint density at radius 1 is 1.00 bits per heavy atom. The highest BCUT2D eigenvalue weighted by molar-refractivity contribution is 7.09. The number of nitrogens with zero attached hydrogens (tertiary/aromatic N) is 3. The van der Waals surface area contributed by atoms with E-state index in [1.165, 1.54) is 15.8 Å². The van der Waals surface area contributed by atoms with Gasteiger partial charge in [-0.15, -0.1) is 11.3 Å². The van der Waals surface area contributed by atoms with Gasteiger partial charge in [0.05, 0.1) is 0 Å². The molecule has 1 aliphatic heterocycles. The lowest BCUT2D eigenvalue weighted by atomic mass is 10.2. The molecule has 2 aromatic heterocycles. The molecule has 1 amide bonds. The highest BCUT2D eigenvalue weighted by Gasteiger charge is 2.21. The summed E-state index contributed by atoms with van der Waals surface area (Å²) in [5.41, 5.74) is 1.20. The number of para-hydroxylation sites is 1. The fraction of sp³-hybridized carbons (Fsp3) is 0.350. The molecule has 0 N–H and O–H groups in total. The Labute approximate surface area is 152 Å². The van der Waals surface area contributed by atoms with Gasteiger partial charge in [0.1, 0.15) is 0 Å². The average Bonchev–Trinajstić information content (AvgIpc) is 3.30. The van der Waals surface area contributed by atoms with Crippen molar-refractivity contribution in [1.29, 1.82) is 0 Å². The number of rotatable bonds is 5. The molecule has 1 aliphatic rings. The predicted molar refractivity (Wildman–Crippen MR) is 103 cm³/mol. The van der Waals surface area contributed by atoms with Crippen molar-refractivity contribution in [1.82, 2.24) is 14.4 Å². The molecule has 1 aromatic carbocycles. The minimum absolute atomic E-state index is 0.272. The predicted octanol–water partition coefficient (Wildman–Crippen LogP) is 3.44. The number of aromatic nitrogens is 1. The zero-order chi connectivity index (χ0) is 17.1. The second-order valence-corrected chi connectivity index (χ2v) is 7.59. The number of carbonyl (C=O) groups is 1. The van der Waals surface area contributed by atoms with Crippen LogP contribution in [0.15, 0.2) is 54.0 Å². The van der Waals surface area contributed by atoms with Crippen molar-refractivity contribution in [3.63, 3.8) is 0 Å². The number of piperazine rings is 1. The molecule has 0 spiro atoms. The Morgan fingerprint density at radius 2 is 1.84 bits per heavy atom. The summed E-state index contributed by atoms with van der Waals surface area (Å²) in [5.74, 6) is 0.272. The number of carbonyl (C=O) groups excluding carboxylic acids is 1. The van der Waals surface area contributed by atoms with Crippen LogP contribution in [0.1, 0.15) is 11.3 Å². The zero-order valence-corrected chi connectivity index (χ0v) is 15.1. The fourth-order valence-electron chi connectivity index (χ4n) is 3.49. The molecule has 130 valence electrons. The number of aryl methyl sites for hydroxylation is 1. The molecule has 0 atom stereocenters. The molecule has 4 nitrogen and oxygen atoms in total. The van der Waals surface area contributed by atoms with Gasteiger partial charge in [0.2, 0.25) is 5.91 Å². The molecule has 0 unspecified atom stereocenters. The van der Waals surface area contributed by atoms with Gasteiger partial charge in [-0.25, -0.2) is 0 Å². The van der Waals surface area contributed by atoms with Crippen molar-refractivity contribution < 1.29 is 4.79 Å². The summed E-state index contributed by atoms with van der Waals surface area (Å²) in [4.78, 5) is 18.4. The third-order valence-electron chi connectivity index (χ3n) is 4.93. The maximum absolute atomic E-state index is 12.5. The third-order valence-corrected chi connectivity index (χ3v) is 5.79. The number of fused-ring (bicyclic) bond motifs is 1. The smallest absolute Gasteiger partial charge is 0.224 e. The van der Waals surface area contributed by atoms with Gasteiger partial charge in [0.15, 0.2) is 0 Å².